The summed E-state index contributed by atoms with van der Waals surface area (Å²) in [6.07, 6.45) is 5.32. The lowest BCUT2D eigenvalue weighted by molar-refractivity contribution is -0.115. The smallest absolute Gasteiger partial charge is 0.238 e. The van der Waals surface area contributed by atoms with Gasteiger partial charge in [-0.3, -0.25) is 4.79 Å². The van der Waals surface area contributed by atoms with Gasteiger partial charge < -0.3 is 11.2 Å². The second-order valence-corrected chi connectivity index (χ2v) is 10.1. The van der Waals surface area contributed by atoms with Crippen molar-refractivity contribution in [3.05, 3.63) is 33.5 Å². The Bertz CT molecular complexity index is 1060. The molecule has 1 aliphatic carbocycles. The van der Waals surface area contributed by atoms with Gasteiger partial charge in [-0.1, -0.05) is 24.2 Å². The molecular weight excluding hydrogens is 424 g/mol. The van der Waals surface area contributed by atoms with Gasteiger partial charge in [-0.25, -0.2) is 4.68 Å². The van der Waals surface area contributed by atoms with Crippen molar-refractivity contribution >= 4 is 45.3 Å². The van der Waals surface area contributed by atoms with Gasteiger partial charge in [0.05, 0.1) is 15.7 Å². The number of anilines is 1. The topological polar surface area (TPSA) is 110 Å². The Labute approximate surface area is 180 Å². The van der Waals surface area contributed by atoms with E-state index >= 15 is 0 Å². The van der Waals surface area contributed by atoms with Gasteiger partial charge in [0.25, 0.3) is 0 Å². The third-order valence-electron chi connectivity index (χ3n) is 4.83. The second-order valence-electron chi connectivity index (χ2n) is 6.78. The molecule has 4 rings (SSSR count). The van der Waals surface area contributed by atoms with Crippen LogP contribution < -0.4 is 11.2 Å². The normalized spacial score (nSPS) is 14.6. The average Bonchev–Trinajstić information content (AvgIpc) is 3.39. The minimum absolute atomic E-state index is 0.177. The van der Waals surface area contributed by atoms with Crippen LogP contribution in [-0.4, -0.2) is 26.0 Å². The SMILES string of the molecule is CC(Sc1nnc(-c2cccs2)n1N)C(=O)Nc1sc2c(c1C#N)CCCCC2. The largest absolute Gasteiger partial charge is 0.335 e. The molecule has 0 bridgehead atoms. The summed E-state index contributed by atoms with van der Waals surface area (Å²) in [6, 6.07) is 6.14. The van der Waals surface area contributed by atoms with Gasteiger partial charge in [0.15, 0.2) is 5.82 Å². The number of thiophene rings is 2. The maximum absolute atomic E-state index is 12.8. The minimum Gasteiger partial charge on any atom is -0.335 e. The number of rotatable bonds is 5. The highest BCUT2D eigenvalue weighted by atomic mass is 32.2. The van der Waals surface area contributed by atoms with Crippen LogP contribution in [0.15, 0.2) is 22.7 Å². The van der Waals surface area contributed by atoms with E-state index in [1.165, 1.54) is 50.4 Å². The summed E-state index contributed by atoms with van der Waals surface area (Å²) < 4.78 is 1.41. The first-order valence-corrected chi connectivity index (χ1v) is 11.9. The number of amides is 1. The lowest BCUT2D eigenvalue weighted by Crippen LogP contribution is -2.23. The Hall–Kier alpha value is -2.35. The summed E-state index contributed by atoms with van der Waals surface area (Å²) >= 11 is 4.31. The number of nitriles is 1. The lowest BCUT2D eigenvalue weighted by atomic mass is 10.1. The number of nitrogens with one attached hydrogen (secondary N) is 1. The van der Waals surface area contributed by atoms with Crippen LogP contribution in [0.1, 0.15) is 42.2 Å². The van der Waals surface area contributed by atoms with Crippen molar-refractivity contribution in [1.82, 2.24) is 14.9 Å². The van der Waals surface area contributed by atoms with Crippen LogP contribution in [0, 0.1) is 11.3 Å². The van der Waals surface area contributed by atoms with E-state index in [0.717, 1.165) is 36.1 Å². The molecule has 3 N–H and O–H groups in total. The van der Waals surface area contributed by atoms with Crippen molar-refractivity contribution in [2.45, 2.75) is 49.4 Å². The Morgan fingerprint density at radius 2 is 2.21 bits per heavy atom. The number of carbonyl (C=O) groups is 1. The summed E-state index contributed by atoms with van der Waals surface area (Å²) in [5, 5.41) is 23.5. The molecule has 29 heavy (non-hydrogen) atoms. The van der Waals surface area contributed by atoms with Gasteiger partial charge in [-0.2, -0.15) is 5.26 Å². The maximum atomic E-state index is 12.8. The molecule has 0 radical (unpaired) electrons. The number of fused-ring (bicyclic) bond motifs is 1. The molecule has 3 aromatic heterocycles. The molecule has 1 unspecified atom stereocenters. The number of aromatic nitrogens is 3. The van der Waals surface area contributed by atoms with Gasteiger partial charge in [-0.15, -0.1) is 32.9 Å². The summed E-state index contributed by atoms with van der Waals surface area (Å²) in [7, 11) is 0. The zero-order chi connectivity index (χ0) is 20.4. The first-order valence-electron chi connectivity index (χ1n) is 9.35. The van der Waals surface area contributed by atoms with Gasteiger partial charge in [0.2, 0.25) is 11.1 Å². The fourth-order valence-electron chi connectivity index (χ4n) is 3.31. The third-order valence-corrected chi connectivity index (χ3v) is 7.96. The number of nitrogen functional groups attached to an aromatic ring is 1. The first-order chi connectivity index (χ1) is 14.1. The van der Waals surface area contributed by atoms with Crippen LogP contribution in [0.4, 0.5) is 5.00 Å². The number of aryl methyl sites for hydroxylation is 1. The van der Waals surface area contributed by atoms with Crippen LogP contribution in [0.3, 0.4) is 0 Å². The molecule has 0 saturated heterocycles. The standard InChI is InChI=1S/C19H20N6OS3/c1-11(28-19-24-23-16(25(19)21)15-8-5-9-27-15)17(26)22-18-13(10-20)12-6-3-2-4-7-14(12)29-18/h5,8-9,11H,2-4,6-7,21H2,1H3,(H,22,26). The fourth-order valence-corrected chi connectivity index (χ4v) is 6.02. The monoisotopic (exact) mass is 444 g/mol. The van der Waals surface area contributed by atoms with Crippen LogP contribution in [0.2, 0.25) is 0 Å². The molecule has 1 amide bonds. The Morgan fingerprint density at radius 1 is 1.38 bits per heavy atom. The van der Waals surface area contributed by atoms with E-state index in [1.807, 2.05) is 17.5 Å². The molecule has 10 heteroatoms. The predicted octanol–water partition coefficient (Wildman–Crippen LogP) is 4.04. The number of nitrogens with zero attached hydrogens (tertiary/aromatic N) is 4. The highest BCUT2D eigenvalue weighted by molar-refractivity contribution is 8.00. The van der Waals surface area contributed by atoms with Crippen molar-refractivity contribution in [2.75, 3.05) is 11.2 Å². The quantitative estimate of drug-likeness (QED) is 0.349. The first kappa shape index (κ1) is 19.9. The Kier molecular flexibility index (Phi) is 5.89. The molecular formula is C19H20N6OS3. The van der Waals surface area contributed by atoms with Crippen LogP contribution >= 0.6 is 34.4 Å². The highest BCUT2D eigenvalue weighted by Gasteiger charge is 2.24. The molecule has 1 aliphatic rings. The van der Waals surface area contributed by atoms with E-state index < -0.39 is 5.25 Å². The van der Waals surface area contributed by atoms with Gasteiger partial charge >= 0.3 is 0 Å². The van der Waals surface area contributed by atoms with Crippen LogP contribution in [-0.2, 0) is 17.6 Å². The molecule has 3 aromatic rings. The molecule has 0 aromatic carbocycles. The lowest BCUT2D eigenvalue weighted by Gasteiger charge is -2.11. The Morgan fingerprint density at radius 3 is 2.97 bits per heavy atom. The molecule has 7 nitrogen and oxygen atoms in total. The number of hydrogen-bond acceptors (Lipinski definition) is 8. The second kappa shape index (κ2) is 8.57. The fraction of sp³-hybridized carbons (Fsp3) is 0.368. The van der Waals surface area contributed by atoms with Gasteiger partial charge in [0, 0.05) is 4.88 Å². The van der Waals surface area contributed by atoms with Gasteiger partial charge in [0.1, 0.15) is 11.1 Å². The Balaban J connectivity index is 1.48. The van der Waals surface area contributed by atoms with Crippen LogP contribution in [0.5, 0.6) is 0 Å². The van der Waals surface area contributed by atoms with E-state index in [-0.39, 0.29) is 5.91 Å². The summed E-state index contributed by atoms with van der Waals surface area (Å²) in [5.41, 5.74) is 1.74. The van der Waals surface area contributed by atoms with Crippen molar-refractivity contribution in [1.29, 1.82) is 5.26 Å². The third kappa shape index (κ3) is 4.03. The number of thioether (sulfide) groups is 1. The van der Waals surface area contributed by atoms with E-state index in [1.54, 1.807) is 6.92 Å². The van der Waals surface area contributed by atoms with Crippen LogP contribution in [0.25, 0.3) is 10.7 Å². The summed E-state index contributed by atoms with van der Waals surface area (Å²) in [5.74, 6) is 6.52. The molecule has 3 heterocycles. The van der Waals surface area contributed by atoms with Crippen molar-refractivity contribution in [3.63, 3.8) is 0 Å². The van der Waals surface area contributed by atoms with Crippen molar-refractivity contribution in [2.24, 2.45) is 0 Å². The van der Waals surface area contributed by atoms with Gasteiger partial charge in [-0.05, 0) is 49.6 Å². The molecule has 0 saturated carbocycles. The summed E-state index contributed by atoms with van der Waals surface area (Å²) in [6.45, 7) is 1.80. The zero-order valence-electron chi connectivity index (χ0n) is 15.8. The molecule has 0 spiro atoms. The van der Waals surface area contributed by atoms with Crippen molar-refractivity contribution in [3.8, 4) is 16.8 Å². The van der Waals surface area contributed by atoms with E-state index in [2.05, 4.69) is 21.6 Å². The minimum atomic E-state index is -0.439. The van der Waals surface area contributed by atoms with E-state index in [9.17, 15) is 10.1 Å². The van der Waals surface area contributed by atoms with Crippen molar-refractivity contribution < 1.29 is 4.79 Å². The number of nitrogens with two attached hydrogens (primary N) is 1. The number of hydrogen-bond donors (Lipinski definition) is 2. The zero-order valence-corrected chi connectivity index (χ0v) is 18.3. The van der Waals surface area contributed by atoms with E-state index in [4.69, 9.17) is 5.84 Å². The number of carbonyl (C=O) groups excluding carboxylic acids is 1. The molecule has 1 atom stereocenters. The predicted molar refractivity (Wildman–Crippen MR) is 118 cm³/mol. The maximum Gasteiger partial charge on any atom is 0.238 e. The molecule has 150 valence electrons. The van der Waals surface area contributed by atoms with E-state index in [0.29, 0.717) is 21.5 Å². The molecule has 0 aliphatic heterocycles. The average molecular weight is 445 g/mol. The highest BCUT2D eigenvalue weighted by Crippen LogP contribution is 2.37. The summed E-state index contributed by atoms with van der Waals surface area (Å²) in [4.78, 5) is 14.9. The molecule has 0 fully saturated rings.